The molecule has 2 fully saturated rings. The molecule has 0 unspecified atom stereocenters. The van der Waals surface area contributed by atoms with Crippen molar-refractivity contribution < 1.29 is 33.3 Å². The van der Waals surface area contributed by atoms with E-state index >= 15 is 0 Å². The molecule has 1 N–H and O–H groups in total. The van der Waals surface area contributed by atoms with E-state index in [2.05, 4.69) is 5.32 Å². The minimum Gasteiger partial charge on any atom is -0.458 e. The SMILES string of the molecule is CCOC(C)(OCC)[C@H](NC(=O)[C@@H]1[C@H]2CC[C@H](C2)N1C(=O)OCc1ccccc1)C(=O)OC(C)(C)C. The standard InChI is InChI=1S/C27H40N2O7/c1-7-34-27(6,35-8-2)22(24(31)36-26(3,4)5)28-23(30)21-19-14-15-20(16-19)29(21)25(32)33-17-18-12-10-9-11-13-18/h9-13,19-22H,7-8,14-17H2,1-6H3,(H,28,30)/t19-,20+,21-,22+/m0/s1. The average Bonchev–Trinajstić information content (AvgIpc) is 3.42. The van der Waals surface area contributed by atoms with Crippen LogP contribution in [-0.4, -0.2) is 65.6 Å². The fourth-order valence-corrected chi connectivity index (χ4v) is 5.16. The molecule has 36 heavy (non-hydrogen) atoms. The van der Waals surface area contributed by atoms with Crippen molar-refractivity contribution in [1.29, 1.82) is 0 Å². The van der Waals surface area contributed by atoms with Gasteiger partial charge in [-0.2, -0.15) is 0 Å². The van der Waals surface area contributed by atoms with Crippen molar-refractivity contribution in [2.75, 3.05) is 13.2 Å². The van der Waals surface area contributed by atoms with Gasteiger partial charge in [0.15, 0.2) is 11.8 Å². The number of benzene rings is 1. The summed E-state index contributed by atoms with van der Waals surface area (Å²) in [6, 6.07) is 7.35. The first-order valence-corrected chi connectivity index (χ1v) is 12.8. The van der Waals surface area contributed by atoms with Gasteiger partial charge in [0.05, 0.1) is 0 Å². The number of nitrogens with one attached hydrogen (secondary N) is 1. The first kappa shape index (κ1) is 27.9. The van der Waals surface area contributed by atoms with Crippen molar-refractivity contribution in [3.05, 3.63) is 35.9 Å². The minimum absolute atomic E-state index is 0.0102. The van der Waals surface area contributed by atoms with Gasteiger partial charge in [0.1, 0.15) is 18.2 Å². The molecule has 2 aliphatic rings. The van der Waals surface area contributed by atoms with Crippen LogP contribution >= 0.6 is 0 Å². The molecule has 1 heterocycles. The van der Waals surface area contributed by atoms with Crippen molar-refractivity contribution >= 4 is 18.0 Å². The largest absolute Gasteiger partial charge is 0.458 e. The highest BCUT2D eigenvalue weighted by molar-refractivity contribution is 5.91. The Balaban J connectivity index is 1.80. The number of hydrogen-bond acceptors (Lipinski definition) is 7. The second kappa shape index (κ2) is 11.6. The number of rotatable bonds is 10. The molecule has 2 amide bonds. The maximum Gasteiger partial charge on any atom is 0.411 e. The van der Waals surface area contributed by atoms with E-state index in [0.717, 1.165) is 24.8 Å². The zero-order valence-corrected chi connectivity index (χ0v) is 22.2. The van der Waals surface area contributed by atoms with E-state index < -0.39 is 41.4 Å². The third kappa shape index (κ3) is 6.56. The van der Waals surface area contributed by atoms with E-state index in [1.165, 1.54) is 4.90 Å². The fourth-order valence-electron chi connectivity index (χ4n) is 5.16. The lowest BCUT2D eigenvalue weighted by molar-refractivity contribution is -0.243. The third-order valence-electron chi connectivity index (χ3n) is 6.59. The van der Waals surface area contributed by atoms with Crippen LogP contribution in [0.15, 0.2) is 30.3 Å². The number of likely N-dealkylation sites (tertiary alicyclic amines) is 1. The summed E-state index contributed by atoms with van der Waals surface area (Å²) in [5, 5.41) is 2.82. The molecule has 1 aliphatic heterocycles. The van der Waals surface area contributed by atoms with Gasteiger partial charge in [-0.05, 0) is 72.3 Å². The summed E-state index contributed by atoms with van der Waals surface area (Å²) in [4.78, 5) is 41.6. The van der Waals surface area contributed by atoms with Crippen LogP contribution < -0.4 is 5.32 Å². The predicted octanol–water partition coefficient (Wildman–Crippen LogP) is 3.79. The summed E-state index contributed by atoms with van der Waals surface area (Å²) >= 11 is 0. The number of ether oxygens (including phenoxy) is 4. The van der Waals surface area contributed by atoms with E-state index in [-0.39, 0.29) is 31.8 Å². The van der Waals surface area contributed by atoms with Gasteiger partial charge in [-0.15, -0.1) is 0 Å². The monoisotopic (exact) mass is 504 g/mol. The molecule has 9 heteroatoms. The number of piperidine rings is 1. The summed E-state index contributed by atoms with van der Waals surface area (Å²) in [7, 11) is 0. The highest BCUT2D eigenvalue weighted by atomic mass is 16.7. The van der Waals surface area contributed by atoms with Crippen molar-refractivity contribution in [3.8, 4) is 0 Å². The number of fused-ring (bicyclic) bond motifs is 2. The van der Waals surface area contributed by atoms with Crippen molar-refractivity contribution in [2.24, 2.45) is 5.92 Å². The molecule has 2 bridgehead atoms. The lowest BCUT2D eigenvalue weighted by Gasteiger charge is -2.39. The normalized spacial score (nSPS) is 22.3. The van der Waals surface area contributed by atoms with Crippen LogP contribution in [0.25, 0.3) is 0 Å². The van der Waals surface area contributed by atoms with E-state index in [9.17, 15) is 14.4 Å². The number of carbonyl (C=O) groups excluding carboxylic acids is 3. The van der Waals surface area contributed by atoms with Crippen LogP contribution in [0.4, 0.5) is 4.79 Å². The number of hydrogen-bond donors (Lipinski definition) is 1. The molecule has 1 aromatic rings. The maximum atomic E-state index is 13.7. The molecule has 1 saturated heterocycles. The smallest absolute Gasteiger partial charge is 0.411 e. The summed E-state index contributed by atoms with van der Waals surface area (Å²) < 4.78 is 22.8. The van der Waals surface area contributed by atoms with Gasteiger partial charge in [-0.3, -0.25) is 9.69 Å². The van der Waals surface area contributed by atoms with Gasteiger partial charge in [0, 0.05) is 19.3 Å². The summed E-state index contributed by atoms with van der Waals surface area (Å²) in [6.07, 6.45) is 1.85. The molecule has 4 atom stereocenters. The topological polar surface area (TPSA) is 103 Å². The Labute approximate surface area is 213 Å². The van der Waals surface area contributed by atoms with Gasteiger partial charge in [-0.1, -0.05) is 30.3 Å². The Morgan fingerprint density at radius 3 is 2.25 bits per heavy atom. The highest BCUT2D eigenvalue weighted by Gasteiger charge is 2.54. The van der Waals surface area contributed by atoms with E-state index in [1.54, 1.807) is 41.5 Å². The zero-order chi connectivity index (χ0) is 26.5. The molecule has 1 aliphatic carbocycles. The molecule has 3 rings (SSSR count). The lowest BCUT2D eigenvalue weighted by Crippen LogP contribution is -2.63. The Kier molecular flexibility index (Phi) is 9.00. The van der Waals surface area contributed by atoms with Crippen LogP contribution in [0.3, 0.4) is 0 Å². The Morgan fingerprint density at radius 2 is 1.67 bits per heavy atom. The minimum atomic E-state index is -1.45. The second-order valence-electron chi connectivity index (χ2n) is 10.5. The molecule has 0 aromatic heterocycles. The predicted molar refractivity (Wildman–Crippen MR) is 133 cm³/mol. The van der Waals surface area contributed by atoms with Gasteiger partial charge in [-0.25, -0.2) is 9.59 Å². The number of amides is 2. The summed E-state index contributed by atoms with van der Waals surface area (Å²) in [6.45, 7) is 11.1. The van der Waals surface area contributed by atoms with Gasteiger partial charge in [0.2, 0.25) is 5.91 Å². The van der Waals surface area contributed by atoms with Crippen LogP contribution in [0.5, 0.6) is 0 Å². The van der Waals surface area contributed by atoms with Gasteiger partial charge >= 0.3 is 12.1 Å². The Morgan fingerprint density at radius 1 is 1.03 bits per heavy atom. The molecular formula is C27H40N2O7. The van der Waals surface area contributed by atoms with Crippen LogP contribution in [0.1, 0.15) is 66.4 Å². The number of carbonyl (C=O) groups is 3. The summed E-state index contributed by atoms with van der Waals surface area (Å²) in [5.74, 6) is -2.57. The maximum absolute atomic E-state index is 13.7. The van der Waals surface area contributed by atoms with Crippen LogP contribution in [0.2, 0.25) is 0 Å². The average molecular weight is 505 g/mol. The van der Waals surface area contributed by atoms with Crippen LogP contribution in [-0.2, 0) is 35.1 Å². The Hall–Kier alpha value is -2.65. The second-order valence-corrected chi connectivity index (χ2v) is 10.5. The molecule has 1 saturated carbocycles. The first-order chi connectivity index (χ1) is 17.0. The molecule has 1 aromatic carbocycles. The third-order valence-corrected chi connectivity index (χ3v) is 6.59. The molecule has 0 spiro atoms. The van der Waals surface area contributed by atoms with Gasteiger partial charge < -0.3 is 24.3 Å². The zero-order valence-electron chi connectivity index (χ0n) is 22.2. The number of esters is 1. The highest BCUT2D eigenvalue weighted by Crippen LogP contribution is 2.43. The van der Waals surface area contributed by atoms with Crippen molar-refractivity contribution in [3.63, 3.8) is 0 Å². The quantitative estimate of drug-likeness (QED) is 0.382. The van der Waals surface area contributed by atoms with E-state index in [4.69, 9.17) is 18.9 Å². The molecule has 0 radical (unpaired) electrons. The lowest BCUT2D eigenvalue weighted by atomic mass is 9.97. The van der Waals surface area contributed by atoms with Gasteiger partial charge in [0.25, 0.3) is 0 Å². The number of nitrogens with zero attached hydrogens (tertiary/aromatic N) is 1. The molecule has 9 nitrogen and oxygen atoms in total. The van der Waals surface area contributed by atoms with E-state index in [1.807, 2.05) is 30.3 Å². The fraction of sp³-hybridized carbons (Fsp3) is 0.667. The molecular weight excluding hydrogens is 464 g/mol. The van der Waals surface area contributed by atoms with Crippen molar-refractivity contribution in [1.82, 2.24) is 10.2 Å². The van der Waals surface area contributed by atoms with Crippen LogP contribution in [0, 0.1) is 5.92 Å². The van der Waals surface area contributed by atoms with E-state index in [0.29, 0.717) is 0 Å². The summed E-state index contributed by atoms with van der Waals surface area (Å²) in [5.41, 5.74) is 0.0874. The molecule has 200 valence electrons. The van der Waals surface area contributed by atoms with Crippen molar-refractivity contribution in [2.45, 2.75) is 96.9 Å². The Bertz CT molecular complexity index is 908. The first-order valence-electron chi connectivity index (χ1n) is 12.8.